The second-order valence-electron chi connectivity index (χ2n) is 8.33. The molecule has 2 aromatic rings. The number of hydrogen-bond acceptors (Lipinski definition) is 6. The Bertz CT molecular complexity index is 947. The van der Waals surface area contributed by atoms with Gasteiger partial charge in [-0.1, -0.05) is 6.07 Å². The highest BCUT2D eigenvalue weighted by Crippen LogP contribution is 2.33. The highest BCUT2D eigenvalue weighted by molar-refractivity contribution is 5.81. The zero-order chi connectivity index (χ0) is 23.8. The van der Waals surface area contributed by atoms with Crippen molar-refractivity contribution in [2.45, 2.75) is 25.7 Å². The number of amides is 1. The van der Waals surface area contributed by atoms with Crippen LogP contribution in [0.5, 0.6) is 23.0 Å². The van der Waals surface area contributed by atoms with Crippen molar-refractivity contribution in [3.63, 3.8) is 0 Å². The maximum Gasteiger partial charge on any atom is 0.227 e. The van der Waals surface area contributed by atoms with Gasteiger partial charge in [-0.15, -0.1) is 0 Å². The molecule has 7 heteroatoms. The van der Waals surface area contributed by atoms with Crippen molar-refractivity contribution in [3.8, 4) is 23.0 Å². The molecular weight excluding hydrogens is 420 g/mol. The first kappa shape index (κ1) is 24.7. The molecule has 1 aliphatic heterocycles. The summed E-state index contributed by atoms with van der Waals surface area (Å²) in [5.74, 6) is 3.24. The van der Waals surface area contributed by atoms with E-state index in [9.17, 15) is 4.79 Å². The first-order valence-electron chi connectivity index (χ1n) is 11.4. The minimum atomic E-state index is 0.147. The van der Waals surface area contributed by atoms with Crippen LogP contribution in [0.3, 0.4) is 0 Å². The fourth-order valence-corrected chi connectivity index (χ4v) is 4.37. The molecule has 1 amide bonds. The molecule has 0 aliphatic carbocycles. The summed E-state index contributed by atoms with van der Waals surface area (Å²) >= 11 is 0. The number of rotatable bonds is 11. The molecule has 0 fully saturated rings. The fraction of sp³-hybridized carbons (Fsp3) is 0.500. The van der Waals surface area contributed by atoms with Gasteiger partial charge in [0.05, 0.1) is 34.9 Å². The predicted octanol–water partition coefficient (Wildman–Crippen LogP) is 3.21. The van der Waals surface area contributed by atoms with Gasteiger partial charge in [-0.3, -0.25) is 4.79 Å². The van der Waals surface area contributed by atoms with Crippen LogP contribution in [0.15, 0.2) is 30.3 Å². The molecule has 0 N–H and O–H groups in total. The Morgan fingerprint density at radius 2 is 1.48 bits per heavy atom. The Kier molecular flexibility index (Phi) is 8.83. The van der Waals surface area contributed by atoms with Crippen molar-refractivity contribution in [2.75, 3.05) is 61.7 Å². The average Bonchev–Trinajstić information content (AvgIpc) is 3.00. The first-order chi connectivity index (χ1) is 16.0. The number of fused-ring (bicyclic) bond motifs is 1. The number of likely N-dealkylation sites (N-methyl/N-ethyl adjacent to an activating group) is 1. The van der Waals surface area contributed by atoms with Crippen molar-refractivity contribution >= 4 is 5.91 Å². The largest absolute Gasteiger partial charge is 0.496 e. The summed E-state index contributed by atoms with van der Waals surface area (Å²) in [5.41, 5.74) is 3.25. The third kappa shape index (κ3) is 6.11. The summed E-state index contributed by atoms with van der Waals surface area (Å²) in [7, 11) is 8.74. The van der Waals surface area contributed by atoms with Crippen LogP contribution < -0.4 is 18.9 Å². The lowest BCUT2D eigenvalue weighted by molar-refractivity contribution is -0.130. The van der Waals surface area contributed by atoms with Gasteiger partial charge in [0.1, 0.15) is 11.5 Å². The molecule has 7 nitrogen and oxygen atoms in total. The number of benzene rings is 2. The SMILES string of the molecule is COc1ccc(CCN(C)CCCN2CCc3c(OC)ccc(OC)c3CC2=O)cc1OC. The number of hydrogen-bond donors (Lipinski definition) is 0. The van der Waals surface area contributed by atoms with Crippen LogP contribution in [0.2, 0.25) is 0 Å². The molecule has 0 bridgehead atoms. The maximum atomic E-state index is 12.9. The van der Waals surface area contributed by atoms with E-state index in [0.29, 0.717) is 13.0 Å². The molecule has 1 aliphatic rings. The fourth-order valence-electron chi connectivity index (χ4n) is 4.37. The summed E-state index contributed by atoms with van der Waals surface area (Å²) in [6.07, 6.45) is 2.98. The van der Waals surface area contributed by atoms with Crippen LogP contribution in [-0.4, -0.2) is 77.4 Å². The Morgan fingerprint density at radius 1 is 0.848 bits per heavy atom. The highest BCUT2D eigenvalue weighted by Gasteiger charge is 2.25. The van der Waals surface area contributed by atoms with Crippen molar-refractivity contribution in [2.24, 2.45) is 0 Å². The van der Waals surface area contributed by atoms with Crippen molar-refractivity contribution in [3.05, 3.63) is 47.0 Å². The Morgan fingerprint density at radius 3 is 2.15 bits per heavy atom. The third-order valence-electron chi connectivity index (χ3n) is 6.30. The molecule has 0 radical (unpaired) electrons. The number of methoxy groups -OCH3 is 4. The van der Waals surface area contributed by atoms with Crippen LogP contribution in [0.25, 0.3) is 0 Å². The standard InChI is InChI=1S/C26H36N2O5/c1-27(15-11-19-7-8-24(32-4)25(17-19)33-5)13-6-14-28-16-12-20-21(18-26(28)29)23(31-3)10-9-22(20)30-2/h7-10,17H,6,11-16,18H2,1-5H3. The van der Waals surface area contributed by atoms with Gasteiger partial charge in [0.2, 0.25) is 5.91 Å². The van der Waals surface area contributed by atoms with E-state index in [-0.39, 0.29) is 5.91 Å². The van der Waals surface area contributed by atoms with Crippen LogP contribution in [0, 0.1) is 0 Å². The molecule has 0 saturated heterocycles. The van der Waals surface area contributed by atoms with Crippen LogP contribution >= 0.6 is 0 Å². The molecule has 0 atom stereocenters. The number of carbonyl (C=O) groups excluding carboxylic acids is 1. The molecule has 3 rings (SSSR count). The topological polar surface area (TPSA) is 60.5 Å². The van der Waals surface area contributed by atoms with Gasteiger partial charge in [0.25, 0.3) is 0 Å². The minimum Gasteiger partial charge on any atom is -0.496 e. The lowest BCUT2D eigenvalue weighted by Crippen LogP contribution is -2.35. The quantitative estimate of drug-likeness (QED) is 0.518. The van der Waals surface area contributed by atoms with Crippen LogP contribution in [-0.2, 0) is 24.1 Å². The van der Waals surface area contributed by atoms with E-state index in [0.717, 1.165) is 73.0 Å². The summed E-state index contributed by atoms with van der Waals surface area (Å²) < 4.78 is 21.7. The van der Waals surface area contributed by atoms with Gasteiger partial charge < -0.3 is 28.7 Å². The van der Waals surface area contributed by atoms with Crippen LogP contribution in [0.4, 0.5) is 0 Å². The van der Waals surface area contributed by atoms with E-state index >= 15 is 0 Å². The monoisotopic (exact) mass is 456 g/mol. The lowest BCUT2D eigenvalue weighted by Gasteiger charge is -2.23. The van der Waals surface area contributed by atoms with E-state index in [1.165, 1.54) is 5.56 Å². The third-order valence-corrected chi connectivity index (χ3v) is 6.30. The van der Waals surface area contributed by atoms with Crippen molar-refractivity contribution in [1.82, 2.24) is 9.80 Å². The maximum absolute atomic E-state index is 12.9. The molecule has 33 heavy (non-hydrogen) atoms. The van der Waals surface area contributed by atoms with Crippen molar-refractivity contribution in [1.29, 1.82) is 0 Å². The second kappa shape index (κ2) is 11.8. The van der Waals surface area contributed by atoms with E-state index in [1.54, 1.807) is 28.4 Å². The molecule has 180 valence electrons. The summed E-state index contributed by atoms with van der Waals surface area (Å²) in [6, 6.07) is 9.86. The van der Waals surface area contributed by atoms with Gasteiger partial charge in [-0.25, -0.2) is 0 Å². The number of nitrogens with zero attached hydrogens (tertiary/aromatic N) is 2. The van der Waals surface area contributed by atoms with Crippen molar-refractivity contribution < 1.29 is 23.7 Å². The molecule has 0 spiro atoms. The molecule has 1 heterocycles. The zero-order valence-electron chi connectivity index (χ0n) is 20.5. The number of ether oxygens (including phenoxy) is 4. The van der Waals surface area contributed by atoms with Gasteiger partial charge in [0, 0.05) is 30.8 Å². The first-order valence-corrected chi connectivity index (χ1v) is 11.4. The normalized spacial score (nSPS) is 13.5. The minimum absolute atomic E-state index is 0.147. The predicted molar refractivity (Wildman–Crippen MR) is 129 cm³/mol. The average molecular weight is 457 g/mol. The van der Waals surface area contributed by atoms with Gasteiger partial charge in [0.15, 0.2) is 11.5 Å². The van der Waals surface area contributed by atoms with Gasteiger partial charge in [-0.2, -0.15) is 0 Å². The van der Waals surface area contributed by atoms with E-state index in [1.807, 2.05) is 29.2 Å². The summed E-state index contributed by atoms with van der Waals surface area (Å²) in [4.78, 5) is 17.2. The Balaban J connectivity index is 1.50. The molecule has 2 aromatic carbocycles. The van der Waals surface area contributed by atoms with Crippen LogP contribution in [0.1, 0.15) is 23.1 Å². The Hall–Kier alpha value is -2.93. The summed E-state index contributed by atoms with van der Waals surface area (Å²) in [6.45, 7) is 3.31. The Labute approximate surface area is 197 Å². The van der Waals surface area contributed by atoms with E-state index < -0.39 is 0 Å². The second-order valence-corrected chi connectivity index (χ2v) is 8.33. The lowest BCUT2D eigenvalue weighted by atomic mass is 10.0. The van der Waals surface area contributed by atoms with E-state index in [2.05, 4.69) is 18.0 Å². The summed E-state index contributed by atoms with van der Waals surface area (Å²) in [5, 5.41) is 0. The zero-order valence-corrected chi connectivity index (χ0v) is 20.5. The number of carbonyl (C=O) groups is 1. The molecule has 0 unspecified atom stereocenters. The molecule has 0 aromatic heterocycles. The smallest absolute Gasteiger partial charge is 0.227 e. The van der Waals surface area contributed by atoms with E-state index in [4.69, 9.17) is 18.9 Å². The molecular formula is C26H36N2O5. The van der Waals surface area contributed by atoms with Gasteiger partial charge >= 0.3 is 0 Å². The highest BCUT2D eigenvalue weighted by atomic mass is 16.5. The van der Waals surface area contributed by atoms with Gasteiger partial charge in [-0.05, 0) is 62.7 Å². The molecule has 0 saturated carbocycles.